The Kier molecular flexibility index (Phi) is 5.32. The summed E-state index contributed by atoms with van der Waals surface area (Å²) in [6.07, 6.45) is 2.66. The summed E-state index contributed by atoms with van der Waals surface area (Å²) in [7, 11) is 0. The van der Waals surface area contributed by atoms with Gasteiger partial charge in [-0.05, 0) is 25.7 Å². The van der Waals surface area contributed by atoms with E-state index in [4.69, 9.17) is 10.6 Å². The van der Waals surface area contributed by atoms with Gasteiger partial charge in [0.05, 0.1) is 13.2 Å². The molecular formula is C9H20N4O. The molecule has 0 heterocycles. The average Bonchev–Trinajstić information content (AvgIpc) is 2.99. The molecule has 0 bridgehead atoms. The second-order valence-electron chi connectivity index (χ2n) is 3.42. The van der Waals surface area contributed by atoms with Crippen LogP contribution in [0.25, 0.3) is 0 Å². The van der Waals surface area contributed by atoms with Crippen molar-refractivity contribution in [3.63, 3.8) is 0 Å². The molecule has 14 heavy (non-hydrogen) atoms. The maximum Gasteiger partial charge on any atom is 0.205 e. The Bertz CT molecular complexity index is 180. The highest BCUT2D eigenvalue weighted by atomic mass is 16.5. The van der Waals surface area contributed by atoms with Gasteiger partial charge in [0.2, 0.25) is 5.96 Å². The first kappa shape index (κ1) is 11.3. The van der Waals surface area contributed by atoms with E-state index in [1.807, 2.05) is 6.92 Å². The van der Waals surface area contributed by atoms with Gasteiger partial charge in [0, 0.05) is 13.2 Å². The largest absolute Gasteiger partial charge is 0.379 e. The highest BCUT2D eigenvalue weighted by Gasteiger charge is 2.20. The van der Waals surface area contributed by atoms with Gasteiger partial charge in [-0.2, -0.15) is 0 Å². The van der Waals surface area contributed by atoms with Crippen LogP contribution in [0.5, 0.6) is 0 Å². The number of aliphatic imine (C=N–C) groups is 1. The number of nitrogens with two attached hydrogens (primary N) is 1. The van der Waals surface area contributed by atoms with Gasteiger partial charge in [-0.15, -0.1) is 0 Å². The molecule has 5 heteroatoms. The van der Waals surface area contributed by atoms with E-state index in [0.717, 1.165) is 19.1 Å². The molecule has 0 aliphatic heterocycles. The summed E-state index contributed by atoms with van der Waals surface area (Å²) in [5.41, 5.74) is 2.50. The van der Waals surface area contributed by atoms with E-state index in [2.05, 4.69) is 15.7 Å². The van der Waals surface area contributed by atoms with Crippen LogP contribution in [0.3, 0.4) is 0 Å². The topological polar surface area (TPSA) is 71.7 Å². The average molecular weight is 200 g/mol. The fraction of sp³-hybridized carbons (Fsp3) is 0.889. The highest BCUT2D eigenvalue weighted by molar-refractivity contribution is 5.78. The lowest BCUT2D eigenvalue weighted by atomic mass is 10.5. The van der Waals surface area contributed by atoms with Gasteiger partial charge in [0.1, 0.15) is 0 Å². The predicted molar refractivity (Wildman–Crippen MR) is 56.8 cm³/mol. The van der Waals surface area contributed by atoms with Crippen molar-refractivity contribution in [3.8, 4) is 0 Å². The fourth-order valence-corrected chi connectivity index (χ4v) is 1.08. The molecule has 4 N–H and O–H groups in total. The maximum atomic E-state index is 5.43. The van der Waals surface area contributed by atoms with E-state index in [9.17, 15) is 0 Å². The standard InChI is InChI=1S/C9H20N4O/c1-2-11-9(13-10)12-5-6-14-7-8-3-4-8/h8H,2-7,10H2,1H3,(H2,11,12,13). The van der Waals surface area contributed by atoms with E-state index < -0.39 is 0 Å². The molecule has 0 aromatic carbocycles. The summed E-state index contributed by atoms with van der Waals surface area (Å²) in [5.74, 6) is 6.69. The van der Waals surface area contributed by atoms with Crippen LogP contribution in [0, 0.1) is 5.92 Å². The minimum absolute atomic E-state index is 0.627. The Balaban J connectivity index is 1.97. The first-order valence-corrected chi connectivity index (χ1v) is 5.19. The fourth-order valence-electron chi connectivity index (χ4n) is 1.08. The van der Waals surface area contributed by atoms with Crippen LogP contribution in [-0.4, -0.2) is 32.3 Å². The van der Waals surface area contributed by atoms with Gasteiger partial charge in [0.15, 0.2) is 0 Å². The van der Waals surface area contributed by atoms with Crippen molar-refractivity contribution >= 4 is 5.96 Å². The number of guanidine groups is 1. The van der Waals surface area contributed by atoms with E-state index in [1.54, 1.807) is 0 Å². The molecule has 0 amide bonds. The Hall–Kier alpha value is -0.810. The summed E-state index contributed by atoms with van der Waals surface area (Å²) in [5, 5.41) is 3.00. The van der Waals surface area contributed by atoms with Crippen molar-refractivity contribution in [1.29, 1.82) is 0 Å². The first-order valence-electron chi connectivity index (χ1n) is 5.19. The lowest BCUT2D eigenvalue weighted by Gasteiger charge is -2.06. The van der Waals surface area contributed by atoms with Gasteiger partial charge >= 0.3 is 0 Å². The molecule has 0 atom stereocenters. The van der Waals surface area contributed by atoms with Crippen molar-refractivity contribution in [2.45, 2.75) is 19.8 Å². The van der Waals surface area contributed by atoms with Gasteiger partial charge in [-0.3, -0.25) is 5.43 Å². The summed E-state index contributed by atoms with van der Waals surface area (Å²) >= 11 is 0. The van der Waals surface area contributed by atoms with Crippen molar-refractivity contribution in [1.82, 2.24) is 10.7 Å². The molecule has 1 aliphatic carbocycles. The molecule has 1 fully saturated rings. The number of hydrogen-bond acceptors (Lipinski definition) is 3. The van der Waals surface area contributed by atoms with Gasteiger partial charge in [0.25, 0.3) is 0 Å². The van der Waals surface area contributed by atoms with E-state index in [-0.39, 0.29) is 0 Å². The molecule has 0 unspecified atom stereocenters. The SMILES string of the molecule is CCNC(=NCCOCC1CC1)NN. The molecule has 0 aromatic heterocycles. The highest BCUT2D eigenvalue weighted by Crippen LogP contribution is 2.28. The quantitative estimate of drug-likeness (QED) is 0.183. The minimum Gasteiger partial charge on any atom is -0.379 e. The summed E-state index contributed by atoms with van der Waals surface area (Å²) in [6.45, 7) is 5.02. The van der Waals surface area contributed by atoms with Crippen LogP contribution in [0.4, 0.5) is 0 Å². The number of nitrogens with zero attached hydrogens (tertiary/aromatic N) is 1. The Morgan fingerprint density at radius 2 is 2.36 bits per heavy atom. The van der Waals surface area contributed by atoms with Crippen molar-refractivity contribution in [3.05, 3.63) is 0 Å². The monoisotopic (exact) mass is 200 g/mol. The molecule has 1 aliphatic rings. The number of nitrogens with one attached hydrogen (secondary N) is 2. The molecule has 5 nitrogen and oxygen atoms in total. The second kappa shape index (κ2) is 6.62. The van der Waals surface area contributed by atoms with Crippen LogP contribution in [0.15, 0.2) is 4.99 Å². The second-order valence-corrected chi connectivity index (χ2v) is 3.42. The summed E-state index contributed by atoms with van der Waals surface area (Å²) in [6, 6.07) is 0. The predicted octanol–water partition coefficient (Wildman–Crippen LogP) is -0.158. The van der Waals surface area contributed by atoms with Crippen molar-refractivity contribution < 1.29 is 4.74 Å². The first-order chi connectivity index (χ1) is 6.86. The van der Waals surface area contributed by atoms with Crippen molar-refractivity contribution in [2.24, 2.45) is 16.8 Å². The lowest BCUT2D eigenvalue weighted by molar-refractivity contribution is 0.131. The van der Waals surface area contributed by atoms with Crippen LogP contribution < -0.4 is 16.6 Å². The third-order valence-corrected chi connectivity index (χ3v) is 2.04. The molecule has 0 radical (unpaired) electrons. The zero-order valence-corrected chi connectivity index (χ0v) is 8.75. The normalized spacial score (nSPS) is 16.9. The molecule has 0 saturated heterocycles. The van der Waals surface area contributed by atoms with Gasteiger partial charge in [-0.25, -0.2) is 10.8 Å². The molecule has 82 valence electrons. The Labute approximate surface area is 85.1 Å². The van der Waals surface area contributed by atoms with Gasteiger partial charge < -0.3 is 10.1 Å². The number of rotatable bonds is 6. The van der Waals surface area contributed by atoms with E-state index >= 15 is 0 Å². The van der Waals surface area contributed by atoms with Crippen LogP contribution >= 0.6 is 0 Å². The third kappa shape index (κ3) is 5.04. The zero-order chi connectivity index (χ0) is 10.2. The molecule has 1 saturated carbocycles. The summed E-state index contributed by atoms with van der Waals surface area (Å²) < 4.78 is 5.43. The van der Waals surface area contributed by atoms with Crippen LogP contribution in [-0.2, 0) is 4.74 Å². The molecular weight excluding hydrogens is 180 g/mol. The number of ether oxygens (including phenoxy) is 1. The third-order valence-electron chi connectivity index (χ3n) is 2.04. The van der Waals surface area contributed by atoms with Gasteiger partial charge in [-0.1, -0.05) is 0 Å². The van der Waals surface area contributed by atoms with Crippen LogP contribution in [0.1, 0.15) is 19.8 Å². The van der Waals surface area contributed by atoms with Crippen LogP contribution in [0.2, 0.25) is 0 Å². The molecule has 0 aromatic rings. The number of hydrazine groups is 1. The number of hydrogen-bond donors (Lipinski definition) is 3. The maximum absolute atomic E-state index is 5.43. The molecule has 0 spiro atoms. The van der Waals surface area contributed by atoms with Crippen molar-refractivity contribution in [2.75, 3.05) is 26.3 Å². The Morgan fingerprint density at radius 1 is 1.57 bits per heavy atom. The summed E-state index contributed by atoms with van der Waals surface area (Å²) in [4.78, 5) is 4.19. The van der Waals surface area contributed by atoms with E-state index in [0.29, 0.717) is 19.1 Å². The minimum atomic E-state index is 0.627. The lowest BCUT2D eigenvalue weighted by Crippen LogP contribution is -2.41. The Morgan fingerprint density at radius 3 is 2.93 bits per heavy atom. The smallest absolute Gasteiger partial charge is 0.205 e. The molecule has 1 rings (SSSR count). The van der Waals surface area contributed by atoms with E-state index in [1.165, 1.54) is 12.8 Å². The zero-order valence-electron chi connectivity index (χ0n) is 8.75.